The van der Waals surface area contributed by atoms with Crippen LogP contribution in [0.5, 0.6) is 0 Å². The van der Waals surface area contributed by atoms with Crippen LogP contribution in [0.3, 0.4) is 0 Å². The highest BCUT2D eigenvalue weighted by Crippen LogP contribution is 2.54. The molecule has 6 aromatic rings. The lowest BCUT2D eigenvalue weighted by atomic mass is 9.81. The predicted molar refractivity (Wildman–Crippen MR) is 203 cm³/mol. The van der Waals surface area contributed by atoms with Crippen molar-refractivity contribution in [2.45, 2.75) is 70.6 Å². The van der Waals surface area contributed by atoms with E-state index in [4.69, 9.17) is 0 Å². The molecular weight excluding hydrogens is 579 g/mol. The Labute approximate surface area is 285 Å². The molecule has 236 valence electrons. The van der Waals surface area contributed by atoms with Crippen LogP contribution in [0, 0.1) is 0 Å². The molecule has 0 unspecified atom stereocenters. The van der Waals surface area contributed by atoms with Crippen molar-refractivity contribution < 1.29 is 0 Å². The number of para-hydroxylation sites is 1. The van der Waals surface area contributed by atoms with Gasteiger partial charge in [-0.25, -0.2) is 0 Å². The normalized spacial score (nSPS) is 15.6. The molecule has 3 aliphatic carbocycles. The lowest BCUT2D eigenvalue weighted by Crippen LogP contribution is -2.18. The van der Waals surface area contributed by atoms with Crippen LogP contribution in [0.2, 0.25) is 0 Å². The highest BCUT2D eigenvalue weighted by atomic mass is 15.1. The van der Waals surface area contributed by atoms with Crippen LogP contribution in [-0.4, -0.2) is 0 Å². The molecular formula is C47H43N. The van der Waals surface area contributed by atoms with Crippen LogP contribution in [0.25, 0.3) is 33.4 Å². The number of rotatable bonds is 5. The van der Waals surface area contributed by atoms with Crippen molar-refractivity contribution in [1.29, 1.82) is 0 Å². The van der Waals surface area contributed by atoms with Crippen molar-refractivity contribution in [1.82, 2.24) is 0 Å². The van der Waals surface area contributed by atoms with Crippen LogP contribution in [0.1, 0.15) is 72.9 Å². The van der Waals surface area contributed by atoms with Gasteiger partial charge in [0.1, 0.15) is 0 Å². The zero-order valence-electron chi connectivity index (χ0n) is 28.2. The van der Waals surface area contributed by atoms with E-state index in [9.17, 15) is 0 Å². The van der Waals surface area contributed by atoms with Gasteiger partial charge in [-0.05, 0) is 143 Å². The summed E-state index contributed by atoms with van der Waals surface area (Å²) >= 11 is 0. The van der Waals surface area contributed by atoms with E-state index in [0.29, 0.717) is 0 Å². The number of hydrogen-bond acceptors (Lipinski definition) is 1. The standard InChI is InChI=1S/C47H43N/c1-47(2)43-21-11-10-20-40(43)42-30-41(35-26-23-33(24-27-35)37-28-25-32-13-6-7-15-36(32)29-37)46(31-44(42)47)48(38-17-4-3-5-18-38)45-22-12-16-34-14-8-9-19-39(34)45/h3-5,10-12,16-18,20-31H,6-9,13-15,19H2,1-2H3. The summed E-state index contributed by atoms with van der Waals surface area (Å²) in [5.41, 5.74) is 20.4. The van der Waals surface area contributed by atoms with E-state index in [-0.39, 0.29) is 5.41 Å². The van der Waals surface area contributed by atoms with Crippen LogP contribution in [0.15, 0.2) is 127 Å². The number of fused-ring (bicyclic) bond motifs is 5. The monoisotopic (exact) mass is 621 g/mol. The number of anilines is 3. The maximum atomic E-state index is 2.57. The molecule has 0 N–H and O–H groups in total. The Hall–Kier alpha value is -4.88. The first-order valence-corrected chi connectivity index (χ1v) is 18.0. The largest absolute Gasteiger partial charge is 0.310 e. The molecule has 0 aliphatic heterocycles. The van der Waals surface area contributed by atoms with E-state index in [1.165, 1.54) is 122 Å². The number of aryl methyl sites for hydroxylation is 3. The Morgan fingerprint density at radius 1 is 0.438 bits per heavy atom. The quantitative estimate of drug-likeness (QED) is 0.185. The number of nitrogens with zero attached hydrogens (tertiary/aromatic N) is 1. The third kappa shape index (κ3) is 4.83. The molecule has 3 aliphatic rings. The van der Waals surface area contributed by atoms with Crippen LogP contribution < -0.4 is 4.90 Å². The van der Waals surface area contributed by atoms with Gasteiger partial charge in [-0.15, -0.1) is 0 Å². The molecule has 0 amide bonds. The molecule has 0 bridgehead atoms. The molecule has 0 heterocycles. The van der Waals surface area contributed by atoms with Gasteiger partial charge in [0.25, 0.3) is 0 Å². The molecule has 0 aromatic heterocycles. The van der Waals surface area contributed by atoms with Gasteiger partial charge in [0, 0.05) is 22.4 Å². The maximum Gasteiger partial charge on any atom is 0.0543 e. The Kier molecular flexibility index (Phi) is 7.12. The van der Waals surface area contributed by atoms with Gasteiger partial charge in [0.15, 0.2) is 0 Å². The minimum Gasteiger partial charge on any atom is -0.310 e. The molecule has 6 aromatic carbocycles. The Balaban J connectivity index is 1.26. The zero-order chi connectivity index (χ0) is 32.2. The predicted octanol–water partition coefficient (Wildman–Crippen LogP) is 12.6. The van der Waals surface area contributed by atoms with Gasteiger partial charge in [0.2, 0.25) is 0 Å². The second kappa shape index (κ2) is 11.7. The second-order valence-electron chi connectivity index (χ2n) is 14.6. The third-order valence-electron chi connectivity index (χ3n) is 11.4. The second-order valence-corrected chi connectivity index (χ2v) is 14.6. The fraction of sp³-hybridized carbons (Fsp3) is 0.234. The maximum absolute atomic E-state index is 2.57. The molecule has 0 fully saturated rings. The lowest BCUT2D eigenvalue weighted by molar-refractivity contribution is 0.660. The summed E-state index contributed by atoms with van der Waals surface area (Å²) in [5.74, 6) is 0. The van der Waals surface area contributed by atoms with E-state index in [1.807, 2.05) is 0 Å². The number of benzene rings is 6. The lowest BCUT2D eigenvalue weighted by Gasteiger charge is -2.33. The Bertz CT molecular complexity index is 2150. The average molecular weight is 622 g/mol. The Morgan fingerprint density at radius 2 is 1.12 bits per heavy atom. The van der Waals surface area contributed by atoms with Gasteiger partial charge in [-0.2, -0.15) is 0 Å². The SMILES string of the molecule is CC1(C)c2ccccc2-c2cc(-c3ccc(-c4ccc5c(c4)CCCC5)cc3)c(N(c3ccccc3)c3cccc4c3CCCC4)cc21. The molecule has 0 saturated carbocycles. The molecule has 1 heteroatoms. The molecule has 48 heavy (non-hydrogen) atoms. The van der Waals surface area contributed by atoms with Crippen molar-refractivity contribution in [2.24, 2.45) is 0 Å². The highest BCUT2D eigenvalue weighted by Gasteiger charge is 2.37. The number of hydrogen-bond donors (Lipinski definition) is 0. The van der Waals surface area contributed by atoms with Crippen LogP contribution >= 0.6 is 0 Å². The van der Waals surface area contributed by atoms with Crippen LogP contribution in [0.4, 0.5) is 17.1 Å². The molecule has 0 saturated heterocycles. The highest BCUT2D eigenvalue weighted by molar-refractivity contribution is 5.95. The fourth-order valence-electron chi connectivity index (χ4n) is 8.86. The van der Waals surface area contributed by atoms with Crippen molar-refractivity contribution in [2.75, 3.05) is 4.90 Å². The minimum absolute atomic E-state index is 0.0893. The molecule has 9 rings (SSSR count). The summed E-state index contributed by atoms with van der Waals surface area (Å²) < 4.78 is 0. The third-order valence-corrected chi connectivity index (χ3v) is 11.4. The first-order chi connectivity index (χ1) is 23.6. The zero-order valence-corrected chi connectivity index (χ0v) is 28.2. The summed E-state index contributed by atoms with van der Waals surface area (Å²) in [5, 5.41) is 0. The van der Waals surface area contributed by atoms with E-state index < -0.39 is 0 Å². The fourth-order valence-corrected chi connectivity index (χ4v) is 8.86. The van der Waals surface area contributed by atoms with E-state index in [0.717, 1.165) is 12.8 Å². The van der Waals surface area contributed by atoms with Crippen molar-refractivity contribution in [3.8, 4) is 33.4 Å². The molecule has 0 spiro atoms. The Morgan fingerprint density at radius 3 is 1.96 bits per heavy atom. The van der Waals surface area contributed by atoms with Gasteiger partial charge < -0.3 is 4.90 Å². The summed E-state index contributed by atoms with van der Waals surface area (Å²) in [6.45, 7) is 4.79. The van der Waals surface area contributed by atoms with Gasteiger partial charge in [0.05, 0.1) is 5.69 Å². The summed E-state index contributed by atoms with van der Waals surface area (Å²) in [7, 11) is 0. The minimum atomic E-state index is -0.0893. The average Bonchev–Trinajstić information content (AvgIpc) is 3.37. The smallest absolute Gasteiger partial charge is 0.0543 e. The van der Waals surface area contributed by atoms with Gasteiger partial charge >= 0.3 is 0 Å². The van der Waals surface area contributed by atoms with E-state index in [2.05, 4.69) is 146 Å². The molecule has 0 atom stereocenters. The summed E-state index contributed by atoms with van der Waals surface area (Å²) in [4.78, 5) is 2.57. The first-order valence-electron chi connectivity index (χ1n) is 18.0. The van der Waals surface area contributed by atoms with Crippen molar-refractivity contribution in [3.63, 3.8) is 0 Å². The first kappa shape index (κ1) is 29.3. The van der Waals surface area contributed by atoms with Gasteiger partial charge in [-0.1, -0.05) is 111 Å². The molecule has 1 nitrogen and oxygen atoms in total. The van der Waals surface area contributed by atoms with Crippen LogP contribution in [-0.2, 0) is 31.1 Å². The summed E-state index contributed by atoms with van der Waals surface area (Å²) in [6, 6.07) is 48.6. The van der Waals surface area contributed by atoms with E-state index >= 15 is 0 Å². The topological polar surface area (TPSA) is 3.24 Å². The van der Waals surface area contributed by atoms with Crippen molar-refractivity contribution >= 4 is 17.1 Å². The van der Waals surface area contributed by atoms with E-state index in [1.54, 1.807) is 0 Å². The van der Waals surface area contributed by atoms with Crippen molar-refractivity contribution in [3.05, 3.63) is 161 Å². The molecule has 0 radical (unpaired) electrons. The summed E-state index contributed by atoms with van der Waals surface area (Å²) in [6.07, 6.45) is 9.85. The van der Waals surface area contributed by atoms with Gasteiger partial charge in [-0.3, -0.25) is 0 Å².